The summed E-state index contributed by atoms with van der Waals surface area (Å²) in [6, 6.07) is 4.42. The van der Waals surface area contributed by atoms with Crippen molar-refractivity contribution in [1.29, 1.82) is 0 Å². The molecule has 1 heterocycles. The quantitative estimate of drug-likeness (QED) is 0.912. The van der Waals surface area contributed by atoms with Crippen LogP contribution >= 0.6 is 0 Å². The first-order chi connectivity index (χ1) is 8.97. The summed E-state index contributed by atoms with van der Waals surface area (Å²) in [5.41, 5.74) is -0.363. The average Bonchev–Trinajstić information content (AvgIpc) is 2.39. The SMILES string of the molecule is O=C(Cc1cccc(C(F)(F)F)c1)C1COCCN1. The zero-order valence-corrected chi connectivity index (χ0v) is 10.2. The molecule has 0 aromatic heterocycles. The highest BCUT2D eigenvalue weighted by atomic mass is 19.4. The van der Waals surface area contributed by atoms with Gasteiger partial charge in [0.1, 0.15) is 0 Å². The van der Waals surface area contributed by atoms with Gasteiger partial charge in [-0.1, -0.05) is 18.2 Å². The Morgan fingerprint density at radius 2 is 2.21 bits per heavy atom. The van der Waals surface area contributed by atoms with E-state index in [2.05, 4.69) is 5.32 Å². The summed E-state index contributed by atoms with van der Waals surface area (Å²) in [5, 5.41) is 2.99. The molecule has 1 fully saturated rings. The van der Waals surface area contributed by atoms with Crippen molar-refractivity contribution in [1.82, 2.24) is 5.32 Å². The second kappa shape index (κ2) is 5.71. The van der Waals surface area contributed by atoms with Crippen LogP contribution < -0.4 is 5.32 Å². The van der Waals surface area contributed by atoms with Gasteiger partial charge >= 0.3 is 6.18 Å². The van der Waals surface area contributed by atoms with Crippen LogP contribution in [0.4, 0.5) is 13.2 Å². The van der Waals surface area contributed by atoms with Crippen molar-refractivity contribution in [3.63, 3.8) is 0 Å². The van der Waals surface area contributed by atoms with Crippen LogP contribution in [-0.4, -0.2) is 31.6 Å². The zero-order valence-electron chi connectivity index (χ0n) is 10.2. The molecular weight excluding hydrogens is 259 g/mol. The van der Waals surface area contributed by atoms with Crippen LogP contribution in [0.15, 0.2) is 24.3 Å². The number of nitrogens with one attached hydrogen (secondary N) is 1. The van der Waals surface area contributed by atoms with Crippen molar-refractivity contribution in [3.05, 3.63) is 35.4 Å². The Labute approximate surface area is 108 Å². The molecule has 6 heteroatoms. The van der Waals surface area contributed by atoms with Crippen LogP contribution in [0.2, 0.25) is 0 Å². The van der Waals surface area contributed by atoms with Gasteiger partial charge in [-0.25, -0.2) is 0 Å². The zero-order chi connectivity index (χ0) is 13.9. The molecule has 19 heavy (non-hydrogen) atoms. The van der Waals surface area contributed by atoms with Gasteiger partial charge in [-0.3, -0.25) is 4.79 Å². The van der Waals surface area contributed by atoms with Crippen LogP contribution in [0.25, 0.3) is 0 Å². The molecule has 104 valence electrons. The van der Waals surface area contributed by atoms with E-state index in [1.165, 1.54) is 12.1 Å². The number of morpholine rings is 1. The molecule has 1 aromatic carbocycles. The number of carbonyl (C=O) groups excluding carboxylic acids is 1. The number of ketones is 1. The van der Waals surface area contributed by atoms with Crippen molar-refractivity contribution in [2.75, 3.05) is 19.8 Å². The van der Waals surface area contributed by atoms with Crippen molar-refractivity contribution in [3.8, 4) is 0 Å². The van der Waals surface area contributed by atoms with Crippen molar-refractivity contribution >= 4 is 5.78 Å². The van der Waals surface area contributed by atoms with Gasteiger partial charge in [-0.15, -0.1) is 0 Å². The molecule has 0 aliphatic carbocycles. The molecular formula is C13H14F3NO2. The minimum Gasteiger partial charge on any atom is -0.378 e. The summed E-state index contributed by atoms with van der Waals surface area (Å²) in [6.45, 7) is 1.41. The van der Waals surface area contributed by atoms with E-state index < -0.39 is 17.8 Å². The Morgan fingerprint density at radius 1 is 1.42 bits per heavy atom. The van der Waals surface area contributed by atoms with E-state index in [9.17, 15) is 18.0 Å². The lowest BCUT2D eigenvalue weighted by molar-refractivity contribution is -0.137. The third-order valence-corrected chi connectivity index (χ3v) is 2.94. The second-order valence-electron chi connectivity index (χ2n) is 4.42. The van der Waals surface area contributed by atoms with Gasteiger partial charge in [-0.2, -0.15) is 13.2 Å². The molecule has 1 unspecified atom stereocenters. The standard InChI is InChI=1S/C13H14F3NO2/c14-13(15,16)10-3-1-2-9(6-10)7-12(18)11-8-19-5-4-17-11/h1-3,6,11,17H,4-5,7-8H2. The number of Topliss-reactive ketones (excluding diaryl/α,β-unsaturated/α-hetero) is 1. The second-order valence-corrected chi connectivity index (χ2v) is 4.42. The van der Waals surface area contributed by atoms with E-state index >= 15 is 0 Å². The highest BCUT2D eigenvalue weighted by Gasteiger charge is 2.30. The maximum Gasteiger partial charge on any atom is 0.416 e. The Morgan fingerprint density at radius 3 is 2.84 bits per heavy atom. The Balaban J connectivity index is 2.04. The molecule has 2 rings (SSSR count). The number of ether oxygens (including phenoxy) is 1. The fraction of sp³-hybridized carbons (Fsp3) is 0.462. The molecule has 0 amide bonds. The number of hydrogen-bond acceptors (Lipinski definition) is 3. The van der Waals surface area contributed by atoms with Gasteiger partial charge in [-0.05, 0) is 11.6 Å². The highest BCUT2D eigenvalue weighted by Crippen LogP contribution is 2.29. The first-order valence-electron chi connectivity index (χ1n) is 5.97. The number of alkyl halides is 3. The maximum absolute atomic E-state index is 12.5. The summed E-state index contributed by atoms with van der Waals surface area (Å²) in [5.74, 6) is -0.154. The van der Waals surface area contributed by atoms with Crippen LogP contribution in [-0.2, 0) is 22.1 Å². The number of halogens is 3. The van der Waals surface area contributed by atoms with Crippen LogP contribution in [0.5, 0.6) is 0 Å². The Bertz CT molecular complexity index is 453. The summed E-state index contributed by atoms with van der Waals surface area (Å²) in [4.78, 5) is 11.9. The number of carbonyl (C=O) groups is 1. The topological polar surface area (TPSA) is 38.3 Å². The van der Waals surface area contributed by atoms with Gasteiger partial charge in [0.05, 0.1) is 24.8 Å². The average molecular weight is 273 g/mol. The van der Waals surface area contributed by atoms with E-state index in [0.717, 1.165) is 12.1 Å². The fourth-order valence-electron chi connectivity index (χ4n) is 1.95. The van der Waals surface area contributed by atoms with Gasteiger partial charge in [0.2, 0.25) is 0 Å². The highest BCUT2D eigenvalue weighted by molar-refractivity contribution is 5.86. The number of hydrogen-bond donors (Lipinski definition) is 1. The third-order valence-electron chi connectivity index (χ3n) is 2.94. The van der Waals surface area contributed by atoms with Crippen molar-refractivity contribution < 1.29 is 22.7 Å². The van der Waals surface area contributed by atoms with E-state index in [4.69, 9.17) is 4.74 Å². The van der Waals surface area contributed by atoms with Gasteiger partial charge in [0.25, 0.3) is 0 Å². The van der Waals surface area contributed by atoms with Crippen LogP contribution in [0.3, 0.4) is 0 Å². The molecule has 0 radical (unpaired) electrons. The molecule has 1 aliphatic rings. The third kappa shape index (κ3) is 3.78. The molecule has 0 spiro atoms. The minimum atomic E-state index is -4.38. The molecule has 3 nitrogen and oxygen atoms in total. The first-order valence-corrected chi connectivity index (χ1v) is 5.97. The van der Waals surface area contributed by atoms with Gasteiger partial charge in [0.15, 0.2) is 5.78 Å². The van der Waals surface area contributed by atoms with Gasteiger partial charge < -0.3 is 10.1 Å². The maximum atomic E-state index is 12.5. The smallest absolute Gasteiger partial charge is 0.378 e. The van der Waals surface area contributed by atoms with E-state index in [1.54, 1.807) is 0 Å². The fourth-order valence-corrected chi connectivity index (χ4v) is 1.95. The molecule has 1 atom stereocenters. The monoisotopic (exact) mass is 273 g/mol. The number of benzene rings is 1. The normalized spacial score (nSPS) is 20.3. The Hall–Kier alpha value is -1.40. The largest absolute Gasteiger partial charge is 0.416 e. The lowest BCUT2D eigenvalue weighted by Gasteiger charge is -2.22. The molecule has 1 saturated heterocycles. The lowest BCUT2D eigenvalue weighted by Crippen LogP contribution is -2.47. The molecule has 1 aromatic rings. The van der Waals surface area contributed by atoms with Crippen LogP contribution in [0.1, 0.15) is 11.1 Å². The van der Waals surface area contributed by atoms with Crippen molar-refractivity contribution in [2.45, 2.75) is 18.6 Å². The Kier molecular flexibility index (Phi) is 4.21. The summed E-state index contributed by atoms with van der Waals surface area (Å²) < 4.78 is 42.8. The molecule has 1 N–H and O–H groups in total. The molecule has 0 saturated carbocycles. The number of rotatable bonds is 3. The van der Waals surface area contributed by atoms with E-state index in [1.807, 2.05) is 0 Å². The van der Waals surface area contributed by atoms with E-state index in [0.29, 0.717) is 18.7 Å². The lowest BCUT2D eigenvalue weighted by atomic mass is 10.0. The summed E-state index contributed by atoms with van der Waals surface area (Å²) in [7, 11) is 0. The molecule has 0 bridgehead atoms. The summed E-state index contributed by atoms with van der Waals surface area (Å²) in [6.07, 6.45) is -4.41. The summed E-state index contributed by atoms with van der Waals surface area (Å²) >= 11 is 0. The van der Waals surface area contributed by atoms with E-state index in [-0.39, 0.29) is 18.8 Å². The predicted molar refractivity (Wildman–Crippen MR) is 62.8 cm³/mol. The van der Waals surface area contributed by atoms with Crippen LogP contribution in [0, 0.1) is 0 Å². The minimum absolute atomic E-state index is 0.0229. The van der Waals surface area contributed by atoms with Crippen molar-refractivity contribution in [2.24, 2.45) is 0 Å². The molecule has 1 aliphatic heterocycles. The van der Waals surface area contributed by atoms with Gasteiger partial charge in [0, 0.05) is 13.0 Å². The predicted octanol–water partition coefficient (Wildman–Crippen LogP) is 1.81. The first kappa shape index (κ1) is 14.0.